The molecule has 4 rings (SSSR count). The average Bonchev–Trinajstić information content (AvgIpc) is 3.17. The van der Waals surface area contributed by atoms with E-state index in [1.54, 1.807) is 11.3 Å². The first-order valence-electron chi connectivity index (χ1n) is 7.70. The summed E-state index contributed by atoms with van der Waals surface area (Å²) < 4.78 is 0. The van der Waals surface area contributed by atoms with Gasteiger partial charge in [-0.15, -0.1) is 23.7 Å². The molecule has 0 aliphatic carbocycles. The van der Waals surface area contributed by atoms with E-state index in [2.05, 4.69) is 20.6 Å². The summed E-state index contributed by atoms with van der Waals surface area (Å²) in [6.07, 6.45) is 4.44. The van der Waals surface area contributed by atoms with Crippen molar-refractivity contribution in [2.24, 2.45) is 5.92 Å². The van der Waals surface area contributed by atoms with E-state index in [0.29, 0.717) is 0 Å². The van der Waals surface area contributed by atoms with Crippen molar-refractivity contribution < 1.29 is 0 Å². The third-order valence-electron chi connectivity index (χ3n) is 4.56. The fourth-order valence-electron chi connectivity index (χ4n) is 3.48. The van der Waals surface area contributed by atoms with E-state index >= 15 is 0 Å². The number of likely N-dealkylation sites (tertiary alicyclic amines) is 1. The lowest BCUT2D eigenvalue weighted by Gasteiger charge is -2.34. The predicted octanol–water partition coefficient (Wildman–Crippen LogP) is 2.81. The first kappa shape index (κ1) is 15.9. The third kappa shape index (κ3) is 3.33. The molecule has 0 amide bonds. The van der Waals surface area contributed by atoms with E-state index < -0.39 is 0 Å². The van der Waals surface area contributed by atoms with Crippen molar-refractivity contribution >= 4 is 23.7 Å². The van der Waals surface area contributed by atoms with Crippen LogP contribution >= 0.6 is 23.7 Å². The van der Waals surface area contributed by atoms with Gasteiger partial charge >= 0.3 is 0 Å². The van der Waals surface area contributed by atoms with Crippen LogP contribution in [0.25, 0.3) is 10.7 Å². The maximum Gasteiger partial charge on any atom is 0.142 e. The summed E-state index contributed by atoms with van der Waals surface area (Å²) in [6.45, 7) is 4.58. The van der Waals surface area contributed by atoms with Crippen LogP contribution in [0, 0.1) is 5.92 Å². The van der Waals surface area contributed by atoms with Crippen LogP contribution in [0.4, 0.5) is 0 Å². The van der Waals surface area contributed by atoms with Crippen LogP contribution in [0.15, 0.2) is 29.8 Å². The summed E-state index contributed by atoms with van der Waals surface area (Å²) in [4.78, 5) is 11.7. The SMILES string of the molecule is Cl.c1ccc(-c2nc(CN3CCC4NCCC4C3)cs2)nc1. The Labute approximate surface area is 141 Å². The molecule has 2 unspecified atom stereocenters. The second-order valence-electron chi connectivity index (χ2n) is 5.99. The second kappa shape index (κ2) is 7.04. The highest BCUT2D eigenvalue weighted by Gasteiger charge is 2.32. The molecule has 4 heterocycles. The Morgan fingerprint density at radius 3 is 3.14 bits per heavy atom. The van der Waals surface area contributed by atoms with Crippen LogP contribution in [-0.4, -0.2) is 40.5 Å². The largest absolute Gasteiger partial charge is 0.314 e. The number of pyridine rings is 1. The lowest BCUT2D eigenvalue weighted by atomic mass is 9.93. The smallest absolute Gasteiger partial charge is 0.142 e. The third-order valence-corrected chi connectivity index (χ3v) is 5.47. The van der Waals surface area contributed by atoms with Gasteiger partial charge in [0.05, 0.1) is 11.4 Å². The molecule has 0 bridgehead atoms. The van der Waals surface area contributed by atoms with Gasteiger partial charge in [-0.1, -0.05) is 6.07 Å². The van der Waals surface area contributed by atoms with Crippen LogP contribution in [-0.2, 0) is 6.54 Å². The van der Waals surface area contributed by atoms with Crippen molar-refractivity contribution in [2.75, 3.05) is 19.6 Å². The molecule has 4 nitrogen and oxygen atoms in total. The predicted molar refractivity (Wildman–Crippen MR) is 92.4 cm³/mol. The number of hydrogen-bond acceptors (Lipinski definition) is 5. The zero-order valence-electron chi connectivity index (χ0n) is 12.4. The number of hydrogen-bond donors (Lipinski definition) is 1. The fraction of sp³-hybridized carbons (Fsp3) is 0.500. The lowest BCUT2D eigenvalue weighted by Crippen LogP contribution is -2.43. The molecule has 2 atom stereocenters. The van der Waals surface area contributed by atoms with Gasteiger partial charge in [-0.25, -0.2) is 4.98 Å². The van der Waals surface area contributed by atoms with Crippen molar-refractivity contribution in [3.05, 3.63) is 35.5 Å². The van der Waals surface area contributed by atoms with Crippen molar-refractivity contribution in [1.29, 1.82) is 0 Å². The molecule has 2 aromatic rings. The van der Waals surface area contributed by atoms with Crippen molar-refractivity contribution in [3.63, 3.8) is 0 Å². The molecule has 2 fully saturated rings. The molecule has 0 aromatic carbocycles. The normalized spacial score (nSPS) is 24.7. The van der Waals surface area contributed by atoms with Gasteiger partial charge in [0, 0.05) is 37.3 Å². The average molecular weight is 337 g/mol. The van der Waals surface area contributed by atoms with Crippen LogP contribution in [0.5, 0.6) is 0 Å². The summed E-state index contributed by atoms with van der Waals surface area (Å²) in [7, 11) is 0. The first-order valence-corrected chi connectivity index (χ1v) is 8.58. The molecule has 0 radical (unpaired) electrons. The summed E-state index contributed by atoms with van der Waals surface area (Å²) in [5.74, 6) is 0.840. The topological polar surface area (TPSA) is 41.1 Å². The van der Waals surface area contributed by atoms with E-state index in [1.807, 2.05) is 24.4 Å². The number of piperidine rings is 1. The Morgan fingerprint density at radius 1 is 1.32 bits per heavy atom. The minimum absolute atomic E-state index is 0. The minimum atomic E-state index is 0. The number of nitrogens with zero attached hydrogens (tertiary/aromatic N) is 3. The number of nitrogens with one attached hydrogen (secondary N) is 1. The maximum absolute atomic E-state index is 4.76. The van der Waals surface area contributed by atoms with E-state index in [0.717, 1.165) is 29.2 Å². The Bertz CT molecular complexity index is 603. The number of aromatic nitrogens is 2. The van der Waals surface area contributed by atoms with Gasteiger partial charge in [0.25, 0.3) is 0 Å². The highest BCUT2D eigenvalue weighted by atomic mass is 35.5. The molecule has 0 spiro atoms. The van der Waals surface area contributed by atoms with Gasteiger partial charge in [-0.2, -0.15) is 0 Å². The van der Waals surface area contributed by atoms with Crippen molar-refractivity contribution in [1.82, 2.24) is 20.2 Å². The zero-order valence-corrected chi connectivity index (χ0v) is 14.1. The van der Waals surface area contributed by atoms with Gasteiger partial charge < -0.3 is 5.32 Å². The Kier molecular flexibility index (Phi) is 5.08. The molecule has 2 aromatic heterocycles. The van der Waals surface area contributed by atoms with E-state index in [-0.39, 0.29) is 12.4 Å². The molecule has 2 aliphatic rings. The quantitative estimate of drug-likeness (QED) is 0.935. The molecule has 22 heavy (non-hydrogen) atoms. The standard InChI is InChI=1S/C16H20N4S.ClH/c1-2-6-17-15(3-1)16-19-13(11-21-16)10-20-8-5-14-12(9-20)4-7-18-14;/h1-3,6,11-12,14,18H,4-5,7-10H2;1H. The zero-order chi connectivity index (χ0) is 14.1. The van der Waals surface area contributed by atoms with Crippen molar-refractivity contribution in [2.45, 2.75) is 25.4 Å². The summed E-state index contributed by atoms with van der Waals surface area (Å²) >= 11 is 1.70. The fourth-order valence-corrected chi connectivity index (χ4v) is 4.27. The van der Waals surface area contributed by atoms with Gasteiger partial charge in [0.15, 0.2) is 0 Å². The maximum atomic E-state index is 4.76. The summed E-state index contributed by atoms with van der Waals surface area (Å²) in [5.41, 5.74) is 2.16. The van der Waals surface area contributed by atoms with E-state index in [9.17, 15) is 0 Å². The van der Waals surface area contributed by atoms with Crippen LogP contribution in [0.3, 0.4) is 0 Å². The molecule has 1 N–H and O–H groups in total. The number of fused-ring (bicyclic) bond motifs is 1. The van der Waals surface area contributed by atoms with Gasteiger partial charge in [-0.05, 0) is 37.4 Å². The van der Waals surface area contributed by atoms with Crippen molar-refractivity contribution in [3.8, 4) is 10.7 Å². The van der Waals surface area contributed by atoms with E-state index in [1.165, 1.54) is 38.2 Å². The summed E-state index contributed by atoms with van der Waals surface area (Å²) in [5, 5.41) is 6.83. The van der Waals surface area contributed by atoms with Crippen LogP contribution in [0.1, 0.15) is 18.5 Å². The second-order valence-corrected chi connectivity index (χ2v) is 6.85. The van der Waals surface area contributed by atoms with Gasteiger partial charge in [0.2, 0.25) is 0 Å². The highest BCUT2D eigenvalue weighted by Crippen LogP contribution is 2.27. The molecule has 2 aliphatic heterocycles. The Balaban J connectivity index is 0.00000144. The number of rotatable bonds is 3. The van der Waals surface area contributed by atoms with E-state index in [4.69, 9.17) is 4.98 Å². The first-order chi connectivity index (χ1) is 10.4. The highest BCUT2D eigenvalue weighted by molar-refractivity contribution is 7.13. The Morgan fingerprint density at radius 2 is 2.27 bits per heavy atom. The molecular weight excluding hydrogens is 316 g/mol. The van der Waals surface area contributed by atoms with Gasteiger partial charge in [0.1, 0.15) is 5.01 Å². The van der Waals surface area contributed by atoms with Crippen LogP contribution < -0.4 is 5.32 Å². The van der Waals surface area contributed by atoms with Crippen LogP contribution in [0.2, 0.25) is 0 Å². The molecular formula is C16H21ClN4S. The molecule has 118 valence electrons. The Hall–Kier alpha value is -1.01. The number of thiazole rings is 1. The molecule has 2 saturated heterocycles. The summed E-state index contributed by atoms with van der Waals surface area (Å²) in [6, 6.07) is 6.75. The van der Waals surface area contributed by atoms with Gasteiger partial charge in [-0.3, -0.25) is 9.88 Å². The lowest BCUT2D eigenvalue weighted by molar-refractivity contribution is 0.154. The monoisotopic (exact) mass is 336 g/mol. The molecule has 0 saturated carbocycles. The molecule has 6 heteroatoms. The number of halogens is 1. The minimum Gasteiger partial charge on any atom is -0.314 e.